The molecule has 3 nitrogen and oxygen atoms in total. The molecule has 104 valence electrons. The van der Waals surface area contributed by atoms with Gasteiger partial charge in [0.25, 0.3) is 0 Å². The zero-order valence-electron chi connectivity index (χ0n) is 10.9. The topological polar surface area (TPSA) is 37.8 Å². The van der Waals surface area contributed by atoms with Gasteiger partial charge in [-0.05, 0) is 31.0 Å². The van der Waals surface area contributed by atoms with Crippen molar-refractivity contribution >= 4 is 17.6 Å². The van der Waals surface area contributed by atoms with Crippen molar-refractivity contribution in [1.29, 1.82) is 0 Å². The lowest BCUT2D eigenvalue weighted by molar-refractivity contribution is 0.506. The number of halogens is 2. The van der Waals surface area contributed by atoms with Gasteiger partial charge in [0.05, 0.1) is 0 Å². The molecule has 0 radical (unpaired) electrons. The van der Waals surface area contributed by atoms with Crippen molar-refractivity contribution in [2.75, 3.05) is 12.4 Å². The fraction of sp³-hybridized carbons (Fsp3) is 0.286. The first-order valence-electron chi connectivity index (χ1n) is 6.35. The zero-order valence-corrected chi connectivity index (χ0v) is 11.7. The summed E-state index contributed by atoms with van der Waals surface area (Å²) in [6.45, 7) is 0. The van der Waals surface area contributed by atoms with E-state index >= 15 is 0 Å². The maximum Gasteiger partial charge on any atom is 0.159 e. The van der Waals surface area contributed by atoms with Crippen LogP contribution in [0.2, 0.25) is 0 Å². The Morgan fingerprint density at radius 2 is 1.95 bits per heavy atom. The van der Waals surface area contributed by atoms with Gasteiger partial charge in [0.2, 0.25) is 0 Å². The van der Waals surface area contributed by atoms with E-state index in [9.17, 15) is 8.78 Å². The minimum absolute atomic E-state index is 0.438. The number of hydrogen-bond acceptors (Lipinski definition) is 4. The average molecular weight is 293 g/mol. The Balaban J connectivity index is 1.88. The summed E-state index contributed by atoms with van der Waals surface area (Å²) < 4.78 is 26.1. The highest BCUT2D eigenvalue weighted by atomic mass is 32.2. The van der Waals surface area contributed by atoms with E-state index in [1.165, 1.54) is 17.8 Å². The molecule has 2 aromatic rings. The average Bonchev–Trinajstić information content (AvgIpc) is 3.27. The molecule has 0 bridgehead atoms. The standard InChI is InChI=1S/C14H13F2N3S/c1-17-12-7-13(19-14(18-12)8-2-3-8)20-9-4-5-10(15)11(16)6-9/h4-8H,2-3H2,1H3,(H,17,18,19). The first-order chi connectivity index (χ1) is 9.65. The van der Waals surface area contributed by atoms with Gasteiger partial charge < -0.3 is 5.32 Å². The van der Waals surface area contributed by atoms with Crippen LogP contribution in [0, 0.1) is 11.6 Å². The summed E-state index contributed by atoms with van der Waals surface area (Å²) in [4.78, 5) is 9.52. The Hall–Kier alpha value is -1.69. The molecule has 1 aliphatic carbocycles. The molecule has 1 heterocycles. The largest absolute Gasteiger partial charge is 0.373 e. The summed E-state index contributed by atoms with van der Waals surface area (Å²) in [6, 6.07) is 5.65. The Morgan fingerprint density at radius 1 is 1.15 bits per heavy atom. The SMILES string of the molecule is CNc1cc(Sc2ccc(F)c(F)c2)nc(C2CC2)n1. The fourth-order valence-corrected chi connectivity index (χ4v) is 2.66. The van der Waals surface area contributed by atoms with Crippen molar-refractivity contribution in [3.05, 3.63) is 41.7 Å². The number of rotatable bonds is 4. The lowest BCUT2D eigenvalue weighted by Crippen LogP contribution is -2.00. The van der Waals surface area contributed by atoms with E-state index in [4.69, 9.17) is 0 Å². The fourth-order valence-electron chi connectivity index (χ4n) is 1.81. The molecule has 3 rings (SSSR count). The van der Waals surface area contributed by atoms with Crippen LogP contribution in [0.5, 0.6) is 0 Å². The van der Waals surface area contributed by atoms with Crippen LogP contribution in [0.4, 0.5) is 14.6 Å². The third-order valence-corrected chi connectivity index (χ3v) is 3.94. The molecule has 0 amide bonds. The van der Waals surface area contributed by atoms with Crippen molar-refractivity contribution in [2.24, 2.45) is 0 Å². The molecule has 0 saturated heterocycles. The highest BCUT2D eigenvalue weighted by Crippen LogP contribution is 2.39. The number of nitrogens with zero attached hydrogens (tertiary/aromatic N) is 2. The van der Waals surface area contributed by atoms with Crippen LogP contribution in [0.1, 0.15) is 24.6 Å². The molecular formula is C14H13F2N3S. The number of nitrogens with one attached hydrogen (secondary N) is 1. The molecular weight excluding hydrogens is 280 g/mol. The third kappa shape index (κ3) is 2.90. The maximum absolute atomic E-state index is 13.2. The van der Waals surface area contributed by atoms with Crippen molar-refractivity contribution in [1.82, 2.24) is 9.97 Å². The molecule has 0 unspecified atom stereocenters. The normalized spacial score (nSPS) is 14.3. The highest BCUT2D eigenvalue weighted by Gasteiger charge is 2.27. The van der Waals surface area contributed by atoms with Crippen molar-refractivity contribution in [2.45, 2.75) is 28.7 Å². The smallest absolute Gasteiger partial charge is 0.159 e. The van der Waals surface area contributed by atoms with Gasteiger partial charge in [-0.1, -0.05) is 11.8 Å². The number of aromatic nitrogens is 2. The number of anilines is 1. The second kappa shape index (κ2) is 5.36. The van der Waals surface area contributed by atoms with Crippen LogP contribution in [0.25, 0.3) is 0 Å². The molecule has 0 atom stereocenters. The van der Waals surface area contributed by atoms with Crippen LogP contribution in [0.15, 0.2) is 34.2 Å². The Bertz CT molecular complexity index is 644. The van der Waals surface area contributed by atoms with E-state index in [1.54, 1.807) is 19.2 Å². The van der Waals surface area contributed by atoms with Crippen LogP contribution >= 0.6 is 11.8 Å². The van der Waals surface area contributed by atoms with Gasteiger partial charge in [0.15, 0.2) is 11.6 Å². The second-order valence-electron chi connectivity index (χ2n) is 4.65. The summed E-state index contributed by atoms with van der Waals surface area (Å²) in [6.07, 6.45) is 2.23. The quantitative estimate of drug-likeness (QED) is 0.870. The summed E-state index contributed by atoms with van der Waals surface area (Å²) >= 11 is 1.30. The lowest BCUT2D eigenvalue weighted by atomic mass is 10.3. The van der Waals surface area contributed by atoms with E-state index < -0.39 is 11.6 Å². The second-order valence-corrected chi connectivity index (χ2v) is 5.75. The predicted molar refractivity (Wildman–Crippen MR) is 74.0 cm³/mol. The molecule has 1 aromatic carbocycles. The van der Waals surface area contributed by atoms with Gasteiger partial charge in [-0.3, -0.25) is 0 Å². The van der Waals surface area contributed by atoms with E-state index in [2.05, 4.69) is 15.3 Å². The monoisotopic (exact) mass is 293 g/mol. The number of hydrogen-bond donors (Lipinski definition) is 1. The molecule has 1 saturated carbocycles. The van der Waals surface area contributed by atoms with Gasteiger partial charge in [0.1, 0.15) is 16.7 Å². The van der Waals surface area contributed by atoms with E-state index in [1.807, 2.05) is 0 Å². The van der Waals surface area contributed by atoms with Gasteiger partial charge in [-0.2, -0.15) is 0 Å². The molecule has 0 spiro atoms. The van der Waals surface area contributed by atoms with Crippen LogP contribution in [-0.2, 0) is 0 Å². The van der Waals surface area contributed by atoms with Crippen molar-refractivity contribution in [3.63, 3.8) is 0 Å². The summed E-state index contributed by atoms with van der Waals surface area (Å²) in [5, 5.41) is 3.73. The van der Waals surface area contributed by atoms with Gasteiger partial charge >= 0.3 is 0 Å². The Kier molecular flexibility index (Phi) is 3.56. The molecule has 1 aromatic heterocycles. The van der Waals surface area contributed by atoms with Crippen LogP contribution in [0.3, 0.4) is 0 Å². The number of benzene rings is 1. The highest BCUT2D eigenvalue weighted by molar-refractivity contribution is 7.99. The third-order valence-electron chi connectivity index (χ3n) is 3.03. The summed E-state index contributed by atoms with van der Waals surface area (Å²) in [7, 11) is 1.80. The maximum atomic E-state index is 13.2. The zero-order chi connectivity index (χ0) is 14.1. The Labute approximate surface area is 119 Å². The first kappa shape index (κ1) is 13.3. The molecule has 6 heteroatoms. The van der Waals surface area contributed by atoms with Gasteiger partial charge in [-0.15, -0.1) is 0 Å². The first-order valence-corrected chi connectivity index (χ1v) is 7.17. The van der Waals surface area contributed by atoms with E-state index in [0.717, 1.165) is 35.6 Å². The van der Waals surface area contributed by atoms with Crippen molar-refractivity contribution in [3.8, 4) is 0 Å². The van der Waals surface area contributed by atoms with E-state index in [0.29, 0.717) is 10.8 Å². The molecule has 1 aliphatic rings. The minimum atomic E-state index is -0.847. The van der Waals surface area contributed by atoms with Gasteiger partial charge in [0, 0.05) is 23.9 Å². The van der Waals surface area contributed by atoms with Gasteiger partial charge in [-0.25, -0.2) is 18.7 Å². The molecule has 1 fully saturated rings. The molecule has 20 heavy (non-hydrogen) atoms. The Morgan fingerprint density at radius 3 is 2.60 bits per heavy atom. The van der Waals surface area contributed by atoms with E-state index in [-0.39, 0.29) is 0 Å². The molecule has 0 aliphatic heterocycles. The predicted octanol–water partition coefficient (Wildman–Crippen LogP) is 3.83. The van der Waals surface area contributed by atoms with Crippen LogP contribution < -0.4 is 5.32 Å². The molecule has 1 N–H and O–H groups in total. The summed E-state index contributed by atoms with van der Waals surface area (Å²) in [5.41, 5.74) is 0. The van der Waals surface area contributed by atoms with Crippen LogP contribution in [-0.4, -0.2) is 17.0 Å². The van der Waals surface area contributed by atoms with Crippen molar-refractivity contribution < 1.29 is 8.78 Å². The lowest BCUT2D eigenvalue weighted by Gasteiger charge is -2.07. The minimum Gasteiger partial charge on any atom is -0.373 e. The summed E-state index contributed by atoms with van der Waals surface area (Å²) in [5.74, 6) is 0.313.